The molecule has 0 radical (unpaired) electrons. The first-order valence-electron chi connectivity index (χ1n) is 15.3. The van der Waals surface area contributed by atoms with Gasteiger partial charge in [-0.25, -0.2) is 4.39 Å². The number of anilines is 1. The van der Waals surface area contributed by atoms with Crippen molar-refractivity contribution in [3.05, 3.63) is 53.3 Å². The summed E-state index contributed by atoms with van der Waals surface area (Å²) in [6.45, 7) is 8.74. The predicted molar refractivity (Wildman–Crippen MR) is 168 cm³/mol. The van der Waals surface area contributed by atoms with E-state index in [2.05, 4.69) is 33.9 Å². The van der Waals surface area contributed by atoms with Crippen LogP contribution in [0.15, 0.2) is 42.5 Å². The van der Waals surface area contributed by atoms with Gasteiger partial charge in [0.2, 0.25) is 0 Å². The number of phenols is 1. The summed E-state index contributed by atoms with van der Waals surface area (Å²) in [4.78, 5) is 14.1. The molecule has 0 amide bonds. The second-order valence-electron chi connectivity index (χ2n) is 12.1. The maximum Gasteiger partial charge on any atom is 0.319 e. The van der Waals surface area contributed by atoms with E-state index in [0.29, 0.717) is 41.5 Å². The van der Waals surface area contributed by atoms with Gasteiger partial charge in [0, 0.05) is 55.3 Å². The van der Waals surface area contributed by atoms with Crippen molar-refractivity contribution < 1.29 is 19.0 Å². The number of benzene rings is 3. The van der Waals surface area contributed by atoms with Crippen molar-refractivity contribution in [2.75, 3.05) is 44.3 Å². The first-order chi connectivity index (χ1) is 20.9. The van der Waals surface area contributed by atoms with Crippen molar-refractivity contribution in [3.8, 4) is 22.9 Å². The summed E-state index contributed by atoms with van der Waals surface area (Å²) in [5, 5.41) is 16.5. The van der Waals surface area contributed by atoms with Crippen LogP contribution in [0.4, 0.5) is 10.2 Å². The van der Waals surface area contributed by atoms with Crippen molar-refractivity contribution in [1.82, 2.24) is 20.2 Å². The van der Waals surface area contributed by atoms with Crippen LogP contribution in [0.25, 0.3) is 32.8 Å². The minimum Gasteiger partial charge on any atom is -0.508 e. The van der Waals surface area contributed by atoms with Crippen LogP contribution >= 0.6 is 11.6 Å². The number of piperazine rings is 1. The summed E-state index contributed by atoms with van der Waals surface area (Å²) in [5.74, 6) is 0.125. The van der Waals surface area contributed by atoms with Gasteiger partial charge < -0.3 is 24.8 Å². The molecule has 3 aliphatic rings. The molecular formula is C33H37ClFN5O3. The topological polar surface area (TPSA) is 83.0 Å². The number of rotatable bonds is 7. The quantitative estimate of drug-likeness (QED) is 0.257. The third kappa shape index (κ3) is 5.48. The highest BCUT2D eigenvalue weighted by molar-refractivity contribution is 6.35. The number of fused-ring (bicyclic) bond motifs is 4. The van der Waals surface area contributed by atoms with Crippen LogP contribution in [0.3, 0.4) is 0 Å². The summed E-state index contributed by atoms with van der Waals surface area (Å²) in [6, 6.07) is 13.8. The van der Waals surface area contributed by atoms with Crippen molar-refractivity contribution in [2.24, 2.45) is 0 Å². The molecule has 0 aliphatic carbocycles. The number of aromatic nitrogens is 2. The Hall–Kier alpha value is -3.24. The first kappa shape index (κ1) is 28.5. The van der Waals surface area contributed by atoms with E-state index in [0.717, 1.165) is 62.8 Å². The number of hydrogen-bond donors (Lipinski definition) is 2. The van der Waals surface area contributed by atoms with E-state index in [9.17, 15) is 5.11 Å². The molecule has 3 saturated heterocycles. The fourth-order valence-corrected chi connectivity index (χ4v) is 7.22. The molecule has 3 fully saturated rings. The minimum absolute atomic E-state index is 0.0388. The lowest BCUT2D eigenvalue weighted by molar-refractivity contribution is -0.0561. The summed E-state index contributed by atoms with van der Waals surface area (Å²) in [7, 11) is 0. The lowest BCUT2D eigenvalue weighted by atomic mass is 9.96. The van der Waals surface area contributed by atoms with Crippen molar-refractivity contribution in [2.45, 2.75) is 57.3 Å². The molecule has 8 nitrogen and oxygen atoms in total. The van der Waals surface area contributed by atoms with Crippen LogP contribution in [-0.2, 0) is 4.74 Å². The Labute approximate surface area is 255 Å². The van der Waals surface area contributed by atoms with E-state index in [4.69, 9.17) is 26.1 Å². The average molecular weight is 606 g/mol. The number of phenolic OH excluding ortho intramolecular Hbond substituents is 1. The molecule has 10 heteroatoms. The summed E-state index contributed by atoms with van der Waals surface area (Å²) in [6.07, 6.45) is 3.20. The standard InChI is InChI=1S/C33H37ClFN5O3/c1-19-20(2)42-13-11-39(19)10-5-12-43-33-37-31-27(32(38-33)40-17-22-8-9-23(18-40)36-22)16-28(34)29(30(31)35)26-15-24(41)14-21-6-3-4-7-25(21)26/h3-4,6-7,14-16,19-20,22-23,36,41H,5,8-13,17-18H2,1-2H3/t19-,20-,22?,23?/m0/s1. The van der Waals surface area contributed by atoms with E-state index >= 15 is 4.39 Å². The van der Waals surface area contributed by atoms with Crippen molar-refractivity contribution in [1.29, 1.82) is 0 Å². The smallest absolute Gasteiger partial charge is 0.319 e. The molecule has 2 bridgehead atoms. The van der Waals surface area contributed by atoms with E-state index in [-0.39, 0.29) is 34.0 Å². The molecular weight excluding hydrogens is 569 g/mol. The van der Waals surface area contributed by atoms with Crippen LogP contribution in [-0.4, -0.2) is 83.6 Å². The first-order valence-corrected chi connectivity index (χ1v) is 15.6. The molecule has 7 rings (SSSR count). The Kier molecular flexibility index (Phi) is 7.75. The van der Waals surface area contributed by atoms with Gasteiger partial charge in [0.05, 0.1) is 24.3 Å². The number of nitrogens with zero attached hydrogens (tertiary/aromatic N) is 4. The lowest BCUT2D eigenvalue weighted by Gasteiger charge is -2.37. The fourth-order valence-electron chi connectivity index (χ4n) is 6.93. The third-order valence-corrected chi connectivity index (χ3v) is 9.61. The second kappa shape index (κ2) is 11.7. The molecule has 3 aromatic carbocycles. The number of halogens is 2. The van der Waals surface area contributed by atoms with Crippen LogP contribution in [0.5, 0.6) is 11.8 Å². The zero-order valence-electron chi connectivity index (χ0n) is 24.5. The Morgan fingerprint density at radius 2 is 1.88 bits per heavy atom. The zero-order chi connectivity index (χ0) is 29.7. The van der Waals surface area contributed by atoms with Gasteiger partial charge in [-0.1, -0.05) is 35.9 Å². The molecule has 2 unspecified atom stereocenters. The lowest BCUT2D eigenvalue weighted by Crippen LogP contribution is -2.51. The van der Waals surface area contributed by atoms with Gasteiger partial charge >= 0.3 is 6.01 Å². The van der Waals surface area contributed by atoms with Gasteiger partial charge in [0.15, 0.2) is 5.82 Å². The highest BCUT2D eigenvalue weighted by Gasteiger charge is 2.34. The van der Waals surface area contributed by atoms with Gasteiger partial charge in [-0.05, 0) is 67.6 Å². The molecule has 1 aromatic heterocycles. The van der Waals surface area contributed by atoms with E-state index in [1.807, 2.05) is 24.3 Å². The van der Waals surface area contributed by atoms with Crippen molar-refractivity contribution in [3.63, 3.8) is 0 Å². The maximum atomic E-state index is 16.7. The molecule has 43 heavy (non-hydrogen) atoms. The minimum atomic E-state index is -0.555. The second-order valence-corrected chi connectivity index (χ2v) is 12.5. The van der Waals surface area contributed by atoms with Gasteiger partial charge in [-0.15, -0.1) is 0 Å². The normalized spacial score (nSPS) is 24.2. The summed E-state index contributed by atoms with van der Waals surface area (Å²) in [5.41, 5.74) is 0.873. The zero-order valence-corrected chi connectivity index (χ0v) is 25.3. The number of morpholine rings is 1. The number of hydrogen-bond acceptors (Lipinski definition) is 8. The van der Waals surface area contributed by atoms with E-state index in [1.54, 1.807) is 18.2 Å². The maximum absolute atomic E-state index is 16.7. The molecule has 4 atom stereocenters. The number of aromatic hydroxyl groups is 1. The van der Waals surface area contributed by atoms with Crippen LogP contribution < -0.4 is 15.0 Å². The summed E-state index contributed by atoms with van der Waals surface area (Å²) < 4.78 is 28.6. The molecule has 0 saturated carbocycles. The third-order valence-electron chi connectivity index (χ3n) is 9.31. The van der Waals surface area contributed by atoms with Crippen LogP contribution in [0, 0.1) is 5.82 Å². The average Bonchev–Trinajstić information content (AvgIpc) is 3.34. The Morgan fingerprint density at radius 1 is 1.09 bits per heavy atom. The van der Waals surface area contributed by atoms with Gasteiger partial charge in [0.25, 0.3) is 0 Å². The molecule has 0 spiro atoms. The molecule has 3 aliphatic heterocycles. The summed E-state index contributed by atoms with van der Waals surface area (Å²) >= 11 is 6.86. The number of nitrogens with one attached hydrogen (secondary N) is 1. The monoisotopic (exact) mass is 605 g/mol. The molecule has 226 valence electrons. The van der Waals surface area contributed by atoms with Crippen LogP contribution in [0.2, 0.25) is 5.02 Å². The highest BCUT2D eigenvalue weighted by atomic mass is 35.5. The number of ether oxygens (including phenoxy) is 2. The van der Waals surface area contributed by atoms with Crippen LogP contribution in [0.1, 0.15) is 33.1 Å². The van der Waals surface area contributed by atoms with Gasteiger partial charge in [-0.3, -0.25) is 4.90 Å². The van der Waals surface area contributed by atoms with Gasteiger partial charge in [-0.2, -0.15) is 9.97 Å². The van der Waals surface area contributed by atoms with E-state index < -0.39 is 5.82 Å². The Morgan fingerprint density at radius 3 is 2.70 bits per heavy atom. The highest BCUT2D eigenvalue weighted by Crippen LogP contribution is 2.42. The Balaban J connectivity index is 1.26. The fraction of sp³-hybridized carbons (Fsp3) is 0.455. The SMILES string of the molecule is C[C@@H]1OCCN(CCCOc2nc(N3CC4CCC(C3)N4)c3cc(Cl)c(-c4cc(O)cc5ccccc45)c(F)c3n2)[C@H]1C. The molecule has 4 heterocycles. The van der Waals surface area contributed by atoms with Crippen molar-refractivity contribution >= 4 is 39.1 Å². The Bertz CT molecular complexity index is 1660. The largest absolute Gasteiger partial charge is 0.508 e. The molecule has 4 aromatic rings. The molecule has 2 N–H and O–H groups in total. The predicted octanol–water partition coefficient (Wildman–Crippen LogP) is 5.77. The van der Waals surface area contributed by atoms with Gasteiger partial charge in [0.1, 0.15) is 17.1 Å². The van der Waals surface area contributed by atoms with E-state index in [1.165, 1.54) is 0 Å².